The zero-order chi connectivity index (χ0) is 14.7. The Bertz CT molecular complexity index is 818. The first-order valence-electron chi connectivity index (χ1n) is 6.69. The molecule has 2 heteroatoms. The number of hydrogen-bond donors (Lipinski definition) is 0. The Labute approximate surface area is 123 Å². The average molecular weight is 274 g/mol. The molecule has 0 N–H and O–H groups in total. The highest BCUT2D eigenvalue weighted by Crippen LogP contribution is 2.27. The summed E-state index contributed by atoms with van der Waals surface area (Å²) in [5, 5.41) is 2.31. The molecule has 21 heavy (non-hydrogen) atoms. The van der Waals surface area contributed by atoms with Gasteiger partial charge in [-0.25, -0.2) is 4.79 Å². The number of fused-ring (bicyclic) bond motifs is 1. The number of hydrogen-bond acceptors (Lipinski definition) is 2. The average Bonchev–Trinajstić information content (AvgIpc) is 2.54. The van der Waals surface area contributed by atoms with Crippen LogP contribution in [0.25, 0.3) is 21.9 Å². The lowest BCUT2D eigenvalue weighted by Gasteiger charge is -2.09. The molecule has 0 radical (unpaired) electrons. The second-order valence-corrected chi connectivity index (χ2v) is 4.68. The van der Waals surface area contributed by atoms with Gasteiger partial charge in [-0.3, -0.25) is 0 Å². The minimum atomic E-state index is -0.395. The molecule has 2 nitrogen and oxygen atoms in total. The normalized spacial score (nSPS) is 10.3. The molecule has 0 aliphatic rings. The van der Waals surface area contributed by atoms with Gasteiger partial charge in [0.15, 0.2) is 0 Å². The monoisotopic (exact) mass is 274 g/mol. The molecule has 3 aromatic rings. The van der Waals surface area contributed by atoms with Gasteiger partial charge in [0.1, 0.15) is 0 Å². The highest BCUT2D eigenvalue weighted by molar-refractivity contribution is 5.99. The van der Waals surface area contributed by atoms with Gasteiger partial charge in [0.05, 0.1) is 11.8 Å². The van der Waals surface area contributed by atoms with Crippen molar-refractivity contribution in [2.75, 3.05) is 0 Å². The van der Waals surface area contributed by atoms with Gasteiger partial charge < -0.3 is 4.74 Å². The van der Waals surface area contributed by atoms with Crippen LogP contribution in [0.5, 0.6) is 0 Å². The summed E-state index contributed by atoms with van der Waals surface area (Å²) in [5.74, 6) is -0.395. The Hall–Kier alpha value is -2.87. The van der Waals surface area contributed by atoms with Crippen LogP contribution >= 0.6 is 0 Å². The minimum absolute atomic E-state index is 0.395. The van der Waals surface area contributed by atoms with Crippen molar-refractivity contribution in [1.82, 2.24) is 0 Å². The quantitative estimate of drug-likeness (QED) is 0.506. The van der Waals surface area contributed by atoms with Crippen molar-refractivity contribution < 1.29 is 9.53 Å². The lowest BCUT2D eigenvalue weighted by molar-refractivity contribution is 0.0665. The molecule has 0 unspecified atom stereocenters. The fraction of sp³-hybridized carbons (Fsp3) is 0. The number of rotatable bonds is 3. The van der Waals surface area contributed by atoms with Crippen molar-refractivity contribution in [1.29, 1.82) is 0 Å². The second-order valence-electron chi connectivity index (χ2n) is 4.68. The summed E-state index contributed by atoms with van der Waals surface area (Å²) in [4.78, 5) is 12.0. The van der Waals surface area contributed by atoms with Crippen molar-refractivity contribution in [2.24, 2.45) is 0 Å². The van der Waals surface area contributed by atoms with Crippen molar-refractivity contribution in [3.63, 3.8) is 0 Å². The molecule has 0 aliphatic carbocycles. The van der Waals surface area contributed by atoms with Gasteiger partial charge in [-0.1, -0.05) is 61.2 Å². The van der Waals surface area contributed by atoms with Crippen LogP contribution in [-0.2, 0) is 4.74 Å². The first-order chi connectivity index (χ1) is 10.3. The van der Waals surface area contributed by atoms with Crippen LogP contribution in [0.4, 0.5) is 0 Å². The molecule has 0 amide bonds. The van der Waals surface area contributed by atoms with Crippen LogP contribution in [0.15, 0.2) is 79.6 Å². The van der Waals surface area contributed by atoms with Crippen molar-refractivity contribution in [3.8, 4) is 11.1 Å². The molecule has 0 atom stereocenters. The SMILES string of the molecule is C=COC(=O)c1ccccc1-c1ccc2ccccc2c1. The van der Waals surface area contributed by atoms with E-state index in [4.69, 9.17) is 4.74 Å². The molecule has 0 heterocycles. The number of carbonyl (C=O) groups is 1. The van der Waals surface area contributed by atoms with Crippen LogP contribution in [0.2, 0.25) is 0 Å². The summed E-state index contributed by atoms with van der Waals surface area (Å²) in [6.07, 6.45) is 1.15. The number of benzene rings is 3. The molecule has 102 valence electrons. The van der Waals surface area contributed by atoms with E-state index in [2.05, 4.69) is 30.8 Å². The standard InChI is InChI=1S/C19H14O2/c1-2-21-19(20)18-10-6-5-9-17(18)16-12-11-14-7-3-4-8-15(14)13-16/h2-13H,1H2. The van der Waals surface area contributed by atoms with Crippen LogP contribution in [0.3, 0.4) is 0 Å². The van der Waals surface area contributed by atoms with E-state index in [1.165, 1.54) is 5.39 Å². The van der Waals surface area contributed by atoms with Crippen LogP contribution in [0, 0.1) is 0 Å². The van der Waals surface area contributed by atoms with Gasteiger partial charge in [-0.2, -0.15) is 0 Å². The number of esters is 1. The van der Waals surface area contributed by atoms with Gasteiger partial charge >= 0.3 is 5.97 Å². The van der Waals surface area contributed by atoms with E-state index in [-0.39, 0.29) is 0 Å². The smallest absolute Gasteiger partial charge is 0.343 e. The summed E-state index contributed by atoms with van der Waals surface area (Å²) >= 11 is 0. The zero-order valence-electron chi connectivity index (χ0n) is 11.5. The van der Waals surface area contributed by atoms with E-state index in [0.717, 1.165) is 22.8 Å². The lowest BCUT2D eigenvalue weighted by Crippen LogP contribution is -2.02. The summed E-state index contributed by atoms with van der Waals surface area (Å²) in [7, 11) is 0. The molecule has 0 spiro atoms. The van der Waals surface area contributed by atoms with E-state index in [1.807, 2.05) is 36.4 Å². The maximum absolute atomic E-state index is 12.0. The first kappa shape index (κ1) is 13.1. The van der Waals surface area contributed by atoms with E-state index in [1.54, 1.807) is 6.07 Å². The molecule has 0 saturated heterocycles. The predicted octanol–water partition coefficient (Wildman–Crippen LogP) is 4.81. The molecule has 0 aliphatic heterocycles. The summed E-state index contributed by atoms with van der Waals surface area (Å²) in [6.45, 7) is 3.43. The van der Waals surface area contributed by atoms with Crippen molar-refractivity contribution in [3.05, 3.63) is 85.1 Å². The van der Waals surface area contributed by atoms with Crippen molar-refractivity contribution in [2.45, 2.75) is 0 Å². The minimum Gasteiger partial charge on any atom is -0.432 e. The largest absolute Gasteiger partial charge is 0.432 e. The Morgan fingerprint density at radius 3 is 2.43 bits per heavy atom. The summed E-state index contributed by atoms with van der Waals surface area (Å²) in [6, 6.07) is 21.7. The molecular formula is C19H14O2. The topological polar surface area (TPSA) is 26.3 Å². The van der Waals surface area contributed by atoms with Gasteiger partial charge in [0, 0.05) is 0 Å². The lowest BCUT2D eigenvalue weighted by atomic mass is 9.97. The summed E-state index contributed by atoms with van der Waals surface area (Å²) in [5.41, 5.74) is 2.38. The molecule has 3 rings (SSSR count). The van der Waals surface area contributed by atoms with E-state index >= 15 is 0 Å². The molecule has 0 fully saturated rings. The van der Waals surface area contributed by atoms with Gasteiger partial charge in [-0.15, -0.1) is 0 Å². The van der Waals surface area contributed by atoms with Gasteiger partial charge in [0.2, 0.25) is 0 Å². The highest BCUT2D eigenvalue weighted by Gasteiger charge is 2.13. The maximum atomic E-state index is 12.0. The van der Waals surface area contributed by atoms with Gasteiger partial charge in [-0.05, 0) is 34.0 Å². The third-order valence-corrected chi connectivity index (χ3v) is 3.40. The van der Waals surface area contributed by atoms with E-state index < -0.39 is 5.97 Å². The third-order valence-electron chi connectivity index (χ3n) is 3.40. The van der Waals surface area contributed by atoms with E-state index in [9.17, 15) is 4.79 Å². The second kappa shape index (κ2) is 5.63. The molecule has 0 aromatic heterocycles. The van der Waals surface area contributed by atoms with Crippen molar-refractivity contribution >= 4 is 16.7 Å². The van der Waals surface area contributed by atoms with Gasteiger partial charge in [0.25, 0.3) is 0 Å². The predicted molar refractivity (Wildman–Crippen MR) is 85.0 cm³/mol. The first-order valence-corrected chi connectivity index (χ1v) is 6.69. The Balaban J connectivity index is 2.14. The van der Waals surface area contributed by atoms with Crippen LogP contribution in [0.1, 0.15) is 10.4 Å². The number of carbonyl (C=O) groups excluding carboxylic acids is 1. The third kappa shape index (κ3) is 2.56. The molecular weight excluding hydrogens is 260 g/mol. The van der Waals surface area contributed by atoms with E-state index in [0.29, 0.717) is 5.56 Å². The fourth-order valence-corrected chi connectivity index (χ4v) is 2.41. The Morgan fingerprint density at radius 2 is 1.62 bits per heavy atom. The highest BCUT2D eigenvalue weighted by atomic mass is 16.5. The number of ether oxygens (including phenoxy) is 1. The molecule has 0 saturated carbocycles. The summed E-state index contributed by atoms with van der Waals surface area (Å²) < 4.78 is 4.90. The Kier molecular flexibility index (Phi) is 3.52. The zero-order valence-corrected chi connectivity index (χ0v) is 11.5. The molecule has 0 bridgehead atoms. The maximum Gasteiger partial charge on any atom is 0.343 e. The fourth-order valence-electron chi connectivity index (χ4n) is 2.41. The van der Waals surface area contributed by atoms with Crippen LogP contribution < -0.4 is 0 Å². The molecule has 3 aromatic carbocycles. The Morgan fingerprint density at radius 1 is 0.905 bits per heavy atom. The van der Waals surface area contributed by atoms with Crippen LogP contribution in [-0.4, -0.2) is 5.97 Å².